The molecule has 2 aliphatic carbocycles. The van der Waals surface area contributed by atoms with Gasteiger partial charge < -0.3 is 0 Å². The molecule has 41 heavy (non-hydrogen) atoms. The highest BCUT2D eigenvalue weighted by molar-refractivity contribution is 7.99. The van der Waals surface area contributed by atoms with Crippen LogP contribution in [0.5, 0.6) is 0 Å². The second kappa shape index (κ2) is 8.94. The van der Waals surface area contributed by atoms with Gasteiger partial charge in [0.15, 0.2) is 11.6 Å². The maximum Gasteiger partial charge on any atom is 0.189 e. The van der Waals surface area contributed by atoms with Crippen LogP contribution in [-0.2, 0) is 10.3 Å². The van der Waals surface area contributed by atoms with Crippen LogP contribution in [0.4, 0.5) is 8.78 Å². The van der Waals surface area contributed by atoms with Gasteiger partial charge in [0.25, 0.3) is 0 Å². The molecule has 4 aliphatic rings. The van der Waals surface area contributed by atoms with Crippen LogP contribution in [0.15, 0.2) is 90.5 Å². The van der Waals surface area contributed by atoms with Crippen LogP contribution in [0.2, 0.25) is 0 Å². The van der Waals surface area contributed by atoms with Crippen LogP contribution in [0.1, 0.15) is 52.2 Å². The zero-order chi connectivity index (χ0) is 27.9. The number of halogens is 2. The van der Waals surface area contributed by atoms with E-state index in [1.807, 2.05) is 36.4 Å². The van der Waals surface area contributed by atoms with Crippen molar-refractivity contribution in [3.63, 3.8) is 0 Å². The van der Waals surface area contributed by atoms with Gasteiger partial charge in [-0.25, -0.2) is 8.78 Å². The number of thioether (sulfide) groups is 1. The van der Waals surface area contributed by atoms with Gasteiger partial charge in [-0.2, -0.15) is 0 Å². The summed E-state index contributed by atoms with van der Waals surface area (Å²) in [7, 11) is 0. The van der Waals surface area contributed by atoms with E-state index in [2.05, 4.69) is 11.0 Å². The molecule has 4 aromatic rings. The molecule has 2 saturated heterocycles. The van der Waals surface area contributed by atoms with Crippen LogP contribution in [-0.4, -0.2) is 34.1 Å². The van der Waals surface area contributed by atoms with Crippen LogP contribution in [0.3, 0.4) is 0 Å². The van der Waals surface area contributed by atoms with Gasteiger partial charge in [0, 0.05) is 29.2 Å². The maximum atomic E-state index is 15.3. The normalized spacial score (nSPS) is 29.9. The molecule has 0 N–H and O–H groups in total. The monoisotopic (exact) mass is 563 g/mol. The van der Waals surface area contributed by atoms with Crippen LogP contribution >= 0.6 is 11.8 Å². The van der Waals surface area contributed by atoms with Crippen molar-refractivity contribution >= 4 is 40.2 Å². The third-order valence-corrected chi connectivity index (χ3v) is 11.0. The number of carbonyl (C=O) groups is 2. The second-order valence-electron chi connectivity index (χ2n) is 11.7. The number of rotatable bonds is 2. The van der Waals surface area contributed by atoms with E-state index in [-0.39, 0.29) is 35.2 Å². The smallest absolute Gasteiger partial charge is 0.189 e. The molecule has 1 saturated carbocycles. The van der Waals surface area contributed by atoms with Gasteiger partial charge in [-0.05, 0) is 82.6 Å². The van der Waals surface area contributed by atoms with Gasteiger partial charge in [0.05, 0.1) is 5.41 Å². The van der Waals surface area contributed by atoms with Crippen molar-refractivity contribution in [2.45, 2.75) is 36.8 Å². The number of ketones is 2. The summed E-state index contributed by atoms with van der Waals surface area (Å²) >= 11 is 1.79. The molecule has 3 fully saturated rings. The van der Waals surface area contributed by atoms with Crippen molar-refractivity contribution in [1.82, 2.24) is 4.90 Å². The average Bonchev–Trinajstić information content (AvgIpc) is 3.62. The van der Waals surface area contributed by atoms with E-state index >= 15 is 9.59 Å². The Labute approximate surface area is 241 Å². The topological polar surface area (TPSA) is 37.4 Å². The Morgan fingerprint density at radius 3 is 2.32 bits per heavy atom. The summed E-state index contributed by atoms with van der Waals surface area (Å²) in [4.78, 5) is 32.7. The van der Waals surface area contributed by atoms with E-state index < -0.39 is 11.0 Å². The third kappa shape index (κ3) is 3.18. The fourth-order valence-electron chi connectivity index (χ4n) is 8.55. The number of nitrogens with zero attached hydrogens (tertiary/aromatic N) is 1. The number of carbonyl (C=O) groups excluding carboxylic acids is 2. The van der Waals surface area contributed by atoms with Gasteiger partial charge in [0.1, 0.15) is 17.2 Å². The minimum Gasteiger partial charge on any atom is -0.294 e. The molecule has 4 atom stereocenters. The highest BCUT2D eigenvalue weighted by Gasteiger charge is 2.77. The summed E-state index contributed by atoms with van der Waals surface area (Å²) < 4.78 is 27.9. The number of fused-ring (bicyclic) bond motifs is 4. The Kier molecular flexibility index (Phi) is 5.48. The first-order valence-corrected chi connectivity index (χ1v) is 15.3. The first kappa shape index (κ1) is 25.1. The van der Waals surface area contributed by atoms with Crippen molar-refractivity contribution < 1.29 is 18.4 Å². The number of allylic oxidation sites excluding steroid dienone is 1. The molecule has 6 heteroatoms. The number of hydrogen-bond donors (Lipinski definition) is 0. The minimum absolute atomic E-state index is 0.00204. The lowest BCUT2D eigenvalue weighted by atomic mass is 9.52. The molecule has 0 unspecified atom stereocenters. The minimum atomic E-state index is -1.16. The largest absolute Gasteiger partial charge is 0.294 e. The predicted octanol–water partition coefficient (Wildman–Crippen LogP) is 7.50. The Bertz CT molecular complexity index is 1780. The van der Waals surface area contributed by atoms with Crippen LogP contribution in [0.25, 0.3) is 16.8 Å². The van der Waals surface area contributed by atoms with Gasteiger partial charge in [-0.3, -0.25) is 14.5 Å². The van der Waals surface area contributed by atoms with Crippen molar-refractivity contribution in [2.24, 2.45) is 5.41 Å². The zero-order valence-electron chi connectivity index (χ0n) is 22.3. The summed E-state index contributed by atoms with van der Waals surface area (Å²) in [6.07, 6.45) is 3.77. The summed E-state index contributed by atoms with van der Waals surface area (Å²) in [6, 6.07) is 24.6. The highest BCUT2D eigenvalue weighted by Crippen LogP contribution is 2.71. The SMILES string of the molecule is O=C1c2cccc3cccc(c23)[C@]12N1CSC[C@H]1[C@H](c1ccc(F)cc1)[C@]21CCC/C(=C\c2ccc(F)cc2)C1=O. The molecule has 2 aliphatic heterocycles. The molecule has 2 heterocycles. The van der Waals surface area contributed by atoms with E-state index in [0.29, 0.717) is 29.9 Å². The fraction of sp³-hybridized carbons (Fsp3) is 0.257. The number of Topliss-reactive ketones (excluding diaryl/α,β-unsaturated/α-hetero) is 2. The van der Waals surface area contributed by atoms with Crippen molar-refractivity contribution in [2.75, 3.05) is 11.6 Å². The Hall–Kier alpha value is -3.61. The lowest BCUT2D eigenvalue weighted by Gasteiger charge is -2.50. The van der Waals surface area contributed by atoms with Crippen molar-refractivity contribution in [3.05, 3.63) is 124 Å². The average molecular weight is 564 g/mol. The van der Waals surface area contributed by atoms with Gasteiger partial charge in [-0.15, -0.1) is 11.8 Å². The highest BCUT2D eigenvalue weighted by atomic mass is 32.2. The van der Waals surface area contributed by atoms with Crippen molar-refractivity contribution in [1.29, 1.82) is 0 Å². The molecule has 0 aromatic heterocycles. The van der Waals surface area contributed by atoms with Gasteiger partial charge in [0.2, 0.25) is 0 Å². The maximum absolute atomic E-state index is 15.3. The molecule has 0 radical (unpaired) electrons. The summed E-state index contributed by atoms with van der Waals surface area (Å²) in [6.45, 7) is 0. The molecular formula is C35H27F2NO2S. The molecular weight excluding hydrogens is 536 g/mol. The third-order valence-electron chi connectivity index (χ3n) is 9.93. The lowest BCUT2D eigenvalue weighted by molar-refractivity contribution is -0.132. The van der Waals surface area contributed by atoms with Gasteiger partial charge in [-0.1, -0.05) is 60.7 Å². The summed E-state index contributed by atoms with van der Waals surface area (Å²) in [5, 5.41) is 1.94. The molecule has 3 nitrogen and oxygen atoms in total. The van der Waals surface area contributed by atoms with E-state index in [4.69, 9.17) is 0 Å². The number of benzene rings is 4. The lowest BCUT2D eigenvalue weighted by Crippen LogP contribution is -2.60. The van der Waals surface area contributed by atoms with Crippen LogP contribution in [0, 0.1) is 17.0 Å². The Morgan fingerprint density at radius 1 is 0.854 bits per heavy atom. The van der Waals surface area contributed by atoms with Crippen molar-refractivity contribution in [3.8, 4) is 0 Å². The number of hydrogen-bond acceptors (Lipinski definition) is 4. The quantitative estimate of drug-likeness (QED) is 0.237. The summed E-state index contributed by atoms with van der Waals surface area (Å²) in [5.41, 5.74) is 1.68. The molecule has 4 aromatic carbocycles. The standard InChI is InChI=1S/C35H27F2NO2S/c36-25-13-9-21(10-14-25)18-24-6-3-17-34(32(24)39)31(23-11-15-26(37)16-12-23)29-19-41-20-38(29)35(34)28-8-2-5-22-4-1-7-27(30(22)28)33(35)40/h1-2,4-5,7-16,18,29,31H,3,6,17,19-20H2/b24-18+/t29-,31-,34-,35-/m0/s1. The van der Waals surface area contributed by atoms with Crippen LogP contribution < -0.4 is 0 Å². The fourth-order valence-corrected chi connectivity index (χ4v) is 9.85. The molecule has 2 spiro atoms. The second-order valence-corrected chi connectivity index (χ2v) is 12.7. The Balaban J connectivity index is 1.44. The van der Waals surface area contributed by atoms with Gasteiger partial charge >= 0.3 is 0 Å². The zero-order valence-corrected chi connectivity index (χ0v) is 23.1. The molecule has 8 rings (SSSR count). The molecule has 0 amide bonds. The molecule has 204 valence electrons. The first-order valence-electron chi connectivity index (χ1n) is 14.1. The first-order chi connectivity index (χ1) is 20.0. The van der Waals surface area contributed by atoms with E-state index in [1.54, 1.807) is 36.0 Å². The predicted molar refractivity (Wildman–Crippen MR) is 158 cm³/mol. The van der Waals surface area contributed by atoms with E-state index in [1.165, 1.54) is 24.3 Å². The summed E-state index contributed by atoms with van der Waals surface area (Å²) in [5.74, 6) is 0.466. The van der Waals surface area contributed by atoms with E-state index in [9.17, 15) is 8.78 Å². The molecule has 0 bridgehead atoms. The van der Waals surface area contributed by atoms with E-state index in [0.717, 1.165) is 39.6 Å². The Morgan fingerprint density at radius 2 is 1.56 bits per heavy atom.